The molecule has 0 heterocycles. The highest BCUT2D eigenvalue weighted by Crippen LogP contribution is 2.15. The molecule has 0 aliphatic heterocycles. The van der Waals surface area contributed by atoms with E-state index in [9.17, 15) is 4.79 Å². The van der Waals surface area contributed by atoms with E-state index in [4.69, 9.17) is 16.3 Å². The lowest BCUT2D eigenvalue weighted by molar-refractivity contribution is 0.326. The van der Waals surface area contributed by atoms with Gasteiger partial charge in [-0.1, -0.05) is 11.6 Å². The SMILES string of the molecule is O=[C]CCOc1ccc(Cl)cc1. The fourth-order valence-corrected chi connectivity index (χ4v) is 0.867. The second kappa shape index (κ2) is 4.78. The minimum Gasteiger partial charge on any atom is -0.493 e. The van der Waals surface area contributed by atoms with Crippen LogP contribution >= 0.6 is 11.6 Å². The van der Waals surface area contributed by atoms with E-state index >= 15 is 0 Å². The van der Waals surface area contributed by atoms with Crippen LogP contribution in [0.4, 0.5) is 0 Å². The number of hydrogen-bond donors (Lipinski definition) is 0. The zero-order chi connectivity index (χ0) is 8.81. The number of ether oxygens (including phenoxy) is 1. The number of carbonyl (C=O) groups excluding carboxylic acids is 1. The molecule has 0 amide bonds. The fraction of sp³-hybridized carbons (Fsp3) is 0.222. The van der Waals surface area contributed by atoms with Gasteiger partial charge >= 0.3 is 0 Å². The number of benzene rings is 1. The van der Waals surface area contributed by atoms with Crippen LogP contribution in [0.15, 0.2) is 24.3 Å². The highest BCUT2D eigenvalue weighted by Gasteiger charge is 1.92. The van der Waals surface area contributed by atoms with Crippen molar-refractivity contribution in [2.45, 2.75) is 6.42 Å². The van der Waals surface area contributed by atoms with Crippen molar-refractivity contribution in [3.63, 3.8) is 0 Å². The Hall–Kier alpha value is -1.02. The predicted molar refractivity (Wildman–Crippen MR) is 47.3 cm³/mol. The summed E-state index contributed by atoms with van der Waals surface area (Å²) in [6.07, 6.45) is 2.04. The molecule has 12 heavy (non-hydrogen) atoms. The topological polar surface area (TPSA) is 26.3 Å². The highest BCUT2D eigenvalue weighted by molar-refractivity contribution is 6.30. The molecule has 0 aliphatic carbocycles. The quantitative estimate of drug-likeness (QED) is 0.670. The summed E-state index contributed by atoms with van der Waals surface area (Å²) >= 11 is 5.66. The van der Waals surface area contributed by atoms with Crippen molar-refractivity contribution in [2.24, 2.45) is 0 Å². The summed E-state index contributed by atoms with van der Waals surface area (Å²) in [6, 6.07) is 6.99. The van der Waals surface area contributed by atoms with Crippen LogP contribution in [-0.2, 0) is 4.79 Å². The van der Waals surface area contributed by atoms with E-state index in [1.807, 2.05) is 0 Å². The molecule has 0 aromatic heterocycles. The van der Waals surface area contributed by atoms with Crippen LogP contribution < -0.4 is 4.74 Å². The number of rotatable bonds is 4. The summed E-state index contributed by atoms with van der Waals surface area (Å²) in [6.45, 7) is 0.366. The van der Waals surface area contributed by atoms with Crippen LogP contribution in [-0.4, -0.2) is 12.9 Å². The third kappa shape index (κ3) is 2.93. The molecule has 0 unspecified atom stereocenters. The van der Waals surface area contributed by atoms with Crippen LogP contribution in [0.3, 0.4) is 0 Å². The second-order valence-corrected chi connectivity index (χ2v) is 2.63. The summed E-state index contributed by atoms with van der Waals surface area (Å²) in [5, 5.41) is 0.671. The maximum Gasteiger partial charge on any atom is 0.201 e. The van der Waals surface area contributed by atoms with Gasteiger partial charge in [0.15, 0.2) is 0 Å². The maximum atomic E-state index is 9.82. The average molecular weight is 184 g/mol. The number of halogens is 1. The number of hydrogen-bond acceptors (Lipinski definition) is 2. The predicted octanol–water partition coefficient (Wildman–Crippen LogP) is 2.22. The van der Waals surface area contributed by atoms with Crippen LogP contribution in [0.5, 0.6) is 5.75 Å². The molecule has 2 nitrogen and oxygen atoms in total. The Bertz CT molecular complexity index is 243. The molecule has 1 aromatic rings. The summed E-state index contributed by atoms with van der Waals surface area (Å²) in [4.78, 5) is 9.82. The summed E-state index contributed by atoms with van der Waals surface area (Å²) < 4.78 is 5.18. The van der Waals surface area contributed by atoms with Crippen molar-refractivity contribution in [1.29, 1.82) is 0 Å². The molecule has 0 fully saturated rings. The first-order valence-corrected chi connectivity index (χ1v) is 3.94. The zero-order valence-electron chi connectivity index (χ0n) is 6.42. The molecule has 0 atom stereocenters. The first-order chi connectivity index (χ1) is 5.83. The fourth-order valence-electron chi connectivity index (χ4n) is 0.741. The largest absolute Gasteiger partial charge is 0.493 e. The standard InChI is InChI=1S/C9H8ClO2/c10-8-2-4-9(5-3-8)12-7-1-6-11/h2-5H,1,7H2. The van der Waals surface area contributed by atoms with Gasteiger partial charge in [0.05, 0.1) is 6.61 Å². The molecule has 1 rings (SSSR count). The van der Waals surface area contributed by atoms with Crippen molar-refractivity contribution in [3.8, 4) is 5.75 Å². The van der Waals surface area contributed by atoms with Gasteiger partial charge in [0, 0.05) is 11.4 Å². The molecule has 0 bridgehead atoms. The normalized spacial score (nSPS) is 9.42. The van der Waals surface area contributed by atoms with Gasteiger partial charge in [-0.2, -0.15) is 0 Å². The lowest BCUT2D eigenvalue weighted by Crippen LogP contribution is -1.96. The van der Waals surface area contributed by atoms with Crippen LogP contribution in [0.1, 0.15) is 6.42 Å². The Balaban J connectivity index is 2.42. The Morgan fingerprint density at radius 1 is 1.33 bits per heavy atom. The van der Waals surface area contributed by atoms with Gasteiger partial charge in [-0.3, -0.25) is 4.79 Å². The molecule has 0 saturated heterocycles. The van der Waals surface area contributed by atoms with E-state index in [0.717, 1.165) is 5.75 Å². The molecule has 1 radical (unpaired) electrons. The van der Waals surface area contributed by atoms with Gasteiger partial charge in [-0.15, -0.1) is 0 Å². The van der Waals surface area contributed by atoms with Gasteiger partial charge in [-0.25, -0.2) is 0 Å². The Kier molecular flexibility index (Phi) is 3.61. The molecule has 3 heteroatoms. The first kappa shape index (κ1) is 9.07. The third-order valence-electron chi connectivity index (χ3n) is 1.29. The molecule has 0 aliphatic rings. The summed E-state index contributed by atoms with van der Waals surface area (Å²) in [5.41, 5.74) is 0. The van der Waals surface area contributed by atoms with Crippen LogP contribution in [0.25, 0.3) is 0 Å². The Morgan fingerprint density at radius 3 is 2.58 bits per heavy atom. The first-order valence-electron chi connectivity index (χ1n) is 3.56. The van der Waals surface area contributed by atoms with Crippen molar-refractivity contribution in [3.05, 3.63) is 29.3 Å². The molecular formula is C9H8ClO2. The molecule has 1 aromatic carbocycles. The Morgan fingerprint density at radius 2 is 2.00 bits per heavy atom. The summed E-state index contributed by atoms with van der Waals surface area (Å²) in [5.74, 6) is 0.717. The van der Waals surface area contributed by atoms with Gasteiger partial charge in [0.25, 0.3) is 0 Å². The van der Waals surface area contributed by atoms with Gasteiger partial charge < -0.3 is 4.74 Å². The third-order valence-corrected chi connectivity index (χ3v) is 1.54. The van der Waals surface area contributed by atoms with Gasteiger partial charge in [0.2, 0.25) is 6.29 Å². The molecule has 0 N–H and O–H groups in total. The van der Waals surface area contributed by atoms with E-state index in [-0.39, 0.29) is 0 Å². The van der Waals surface area contributed by atoms with E-state index in [2.05, 4.69) is 0 Å². The van der Waals surface area contributed by atoms with E-state index < -0.39 is 0 Å². The van der Waals surface area contributed by atoms with E-state index in [0.29, 0.717) is 18.1 Å². The minimum absolute atomic E-state index is 0.294. The van der Waals surface area contributed by atoms with E-state index in [1.165, 1.54) is 0 Å². The Labute approximate surface area is 76.1 Å². The van der Waals surface area contributed by atoms with Crippen molar-refractivity contribution < 1.29 is 9.53 Å². The molecule has 0 saturated carbocycles. The maximum absolute atomic E-state index is 9.82. The molecule has 63 valence electrons. The van der Waals surface area contributed by atoms with Crippen molar-refractivity contribution in [2.75, 3.05) is 6.61 Å². The molecular weight excluding hydrogens is 176 g/mol. The van der Waals surface area contributed by atoms with Crippen LogP contribution in [0, 0.1) is 0 Å². The monoisotopic (exact) mass is 183 g/mol. The van der Waals surface area contributed by atoms with Crippen LogP contribution in [0.2, 0.25) is 5.02 Å². The minimum atomic E-state index is 0.294. The van der Waals surface area contributed by atoms with Gasteiger partial charge in [-0.05, 0) is 24.3 Å². The lowest BCUT2D eigenvalue weighted by Gasteiger charge is -2.02. The van der Waals surface area contributed by atoms with Crippen molar-refractivity contribution in [1.82, 2.24) is 0 Å². The molecule has 0 spiro atoms. The second-order valence-electron chi connectivity index (χ2n) is 2.20. The van der Waals surface area contributed by atoms with E-state index in [1.54, 1.807) is 30.6 Å². The average Bonchev–Trinajstić information content (AvgIpc) is 2.09. The van der Waals surface area contributed by atoms with Crippen molar-refractivity contribution >= 4 is 17.9 Å². The highest BCUT2D eigenvalue weighted by atomic mass is 35.5. The smallest absolute Gasteiger partial charge is 0.201 e. The zero-order valence-corrected chi connectivity index (χ0v) is 7.17. The lowest BCUT2D eigenvalue weighted by atomic mass is 10.3. The summed E-state index contributed by atoms with van der Waals surface area (Å²) in [7, 11) is 0. The van der Waals surface area contributed by atoms with Gasteiger partial charge in [0.1, 0.15) is 5.75 Å².